The number of imidazole rings is 1. The second-order valence-electron chi connectivity index (χ2n) is 3.64. The Labute approximate surface area is 87.9 Å². The van der Waals surface area contributed by atoms with E-state index in [0.29, 0.717) is 5.78 Å². The molecule has 0 spiro atoms. The Kier molecular flexibility index (Phi) is 2.91. The minimum absolute atomic E-state index is 0.143. The number of nitrogens with zero attached hydrogens (tertiary/aromatic N) is 2. The van der Waals surface area contributed by atoms with Gasteiger partial charge >= 0.3 is 0 Å². The lowest BCUT2D eigenvalue weighted by atomic mass is 9.99. The number of hydrogen-bond donors (Lipinski definition) is 0. The maximum atomic E-state index is 11.6. The third-order valence-electron chi connectivity index (χ3n) is 2.52. The molecule has 1 aromatic rings. The number of hydrogen-bond acceptors (Lipinski definition) is 3. The van der Waals surface area contributed by atoms with E-state index in [1.807, 2.05) is 17.8 Å². The molecule has 0 amide bonds. The zero-order valence-electron chi connectivity index (χ0n) is 8.27. The van der Waals surface area contributed by atoms with E-state index < -0.39 is 0 Å². The molecule has 1 saturated carbocycles. The molecule has 0 aromatic carbocycles. The van der Waals surface area contributed by atoms with E-state index in [0.717, 1.165) is 24.4 Å². The van der Waals surface area contributed by atoms with Gasteiger partial charge in [-0.25, -0.2) is 4.98 Å². The Morgan fingerprint density at radius 1 is 1.57 bits per heavy atom. The smallest absolute Gasteiger partial charge is 0.168 e. The van der Waals surface area contributed by atoms with Gasteiger partial charge in [-0.1, -0.05) is 18.2 Å². The first-order valence-electron chi connectivity index (χ1n) is 4.94. The van der Waals surface area contributed by atoms with Crippen LogP contribution in [-0.4, -0.2) is 20.6 Å². The van der Waals surface area contributed by atoms with E-state index in [-0.39, 0.29) is 5.25 Å². The van der Waals surface area contributed by atoms with Crippen molar-refractivity contribution in [1.82, 2.24) is 9.55 Å². The van der Waals surface area contributed by atoms with Crippen molar-refractivity contribution >= 4 is 17.5 Å². The average Bonchev–Trinajstić information content (AvgIpc) is 2.56. The molecule has 0 aliphatic heterocycles. The molecule has 1 atom stereocenters. The number of rotatable bonds is 2. The van der Waals surface area contributed by atoms with Crippen LogP contribution in [0.25, 0.3) is 0 Å². The molecule has 0 unspecified atom stereocenters. The summed E-state index contributed by atoms with van der Waals surface area (Å²) in [6.07, 6.45) is 7.69. The SMILES string of the molecule is Cn1ccnc1S[C@H]1CCCCC1=O. The minimum Gasteiger partial charge on any atom is -0.329 e. The Hall–Kier alpha value is -0.770. The first kappa shape index (κ1) is 9.77. The summed E-state index contributed by atoms with van der Waals surface area (Å²) in [7, 11) is 1.96. The first-order chi connectivity index (χ1) is 6.77. The van der Waals surface area contributed by atoms with Gasteiger partial charge in [0.2, 0.25) is 0 Å². The van der Waals surface area contributed by atoms with Gasteiger partial charge in [-0.15, -0.1) is 0 Å². The zero-order valence-corrected chi connectivity index (χ0v) is 9.09. The van der Waals surface area contributed by atoms with Crippen molar-refractivity contribution in [2.24, 2.45) is 7.05 Å². The highest BCUT2D eigenvalue weighted by molar-refractivity contribution is 8.00. The van der Waals surface area contributed by atoms with Crippen LogP contribution in [0.1, 0.15) is 25.7 Å². The van der Waals surface area contributed by atoms with Gasteiger partial charge in [0.1, 0.15) is 5.78 Å². The maximum absolute atomic E-state index is 11.6. The molecule has 0 radical (unpaired) electrons. The lowest BCUT2D eigenvalue weighted by molar-refractivity contribution is -0.119. The van der Waals surface area contributed by atoms with Crippen molar-refractivity contribution in [2.75, 3.05) is 0 Å². The molecule has 0 saturated heterocycles. The molecule has 1 aromatic heterocycles. The molecule has 4 heteroatoms. The van der Waals surface area contributed by atoms with E-state index in [2.05, 4.69) is 4.98 Å². The van der Waals surface area contributed by atoms with E-state index in [9.17, 15) is 4.79 Å². The highest BCUT2D eigenvalue weighted by Gasteiger charge is 2.24. The predicted octanol–water partition coefficient (Wildman–Crippen LogP) is 2.02. The molecule has 76 valence electrons. The lowest BCUT2D eigenvalue weighted by Gasteiger charge is -2.19. The summed E-state index contributed by atoms with van der Waals surface area (Å²) in [5.41, 5.74) is 0. The average molecular weight is 210 g/mol. The van der Waals surface area contributed by atoms with Crippen LogP contribution in [0.2, 0.25) is 0 Å². The van der Waals surface area contributed by atoms with E-state index >= 15 is 0 Å². The van der Waals surface area contributed by atoms with Gasteiger partial charge < -0.3 is 4.57 Å². The molecular weight excluding hydrogens is 196 g/mol. The van der Waals surface area contributed by atoms with Crippen molar-refractivity contribution in [3.8, 4) is 0 Å². The van der Waals surface area contributed by atoms with Gasteiger partial charge in [0.05, 0.1) is 5.25 Å². The van der Waals surface area contributed by atoms with Gasteiger partial charge in [0.25, 0.3) is 0 Å². The first-order valence-corrected chi connectivity index (χ1v) is 5.82. The van der Waals surface area contributed by atoms with Crippen molar-refractivity contribution in [1.29, 1.82) is 0 Å². The summed E-state index contributed by atoms with van der Waals surface area (Å²) in [6, 6.07) is 0. The summed E-state index contributed by atoms with van der Waals surface area (Å²) in [5, 5.41) is 1.09. The number of carbonyl (C=O) groups excluding carboxylic acids is 1. The lowest BCUT2D eigenvalue weighted by Crippen LogP contribution is -2.21. The molecule has 0 N–H and O–H groups in total. The van der Waals surface area contributed by atoms with E-state index in [1.54, 1.807) is 18.0 Å². The number of carbonyl (C=O) groups is 1. The van der Waals surface area contributed by atoms with Gasteiger partial charge in [-0.2, -0.15) is 0 Å². The number of aromatic nitrogens is 2. The van der Waals surface area contributed by atoms with Gasteiger partial charge in [-0.3, -0.25) is 4.79 Å². The van der Waals surface area contributed by atoms with Crippen LogP contribution in [0, 0.1) is 0 Å². The highest BCUT2D eigenvalue weighted by Crippen LogP contribution is 2.30. The minimum atomic E-state index is 0.143. The molecule has 3 nitrogen and oxygen atoms in total. The van der Waals surface area contributed by atoms with Crippen LogP contribution in [0.15, 0.2) is 17.6 Å². The van der Waals surface area contributed by atoms with Crippen LogP contribution < -0.4 is 0 Å². The van der Waals surface area contributed by atoms with Crippen molar-refractivity contribution < 1.29 is 4.79 Å². The van der Waals surface area contributed by atoms with Crippen molar-refractivity contribution in [2.45, 2.75) is 36.1 Å². The molecule has 2 rings (SSSR count). The predicted molar refractivity (Wildman–Crippen MR) is 56.3 cm³/mol. The molecule has 1 aliphatic rings. The highest BCUT2D eigenvalue weighted by atomic mass is 32.2. The van der Waals surface area contributed by atoms with E-state index in [1.165, 1.54) is 6.42 Å². The fraction of sp³-hybridized carbons (Fsp3) is 0.600. The Bertz CT molecular complexity index is 335. The molecule has 0 bridgehead atoms. The Balaban J connectivity index is 2.03. The molecular formula is C10H14N2OS. The standard InChI is InChI=1S/C10H14N2OS/c1-12-7-6-11-10(12)14-9-5-3-2-4-8(9)13/h6-7,9H,2-5H2,1H3/t9-/m0/s1. The molecule has 14 heavy (non-hydrogen) atoms. The van der Waals surface area contributed by atoms with Crippen LogP contribution in [0.4, 0.5) is 0 Å². The summed E-state index contributed by atoms with van der Waals surface area (Å²) < 4.78 is 1.96. The van der Waals surface area contributed by atoms with Gasteiger partial charge in [-0.05, 0) is 12.8 Å². The fourth-order valence-corrected chi connectivity index (χ4v) is 2.81. The Morgan fingerprint density at radius 3 is 3.07 bits per heavy atom. The number of thioether (sulfide) groups is 1. The maximum Gasteiger partial charge on any atom is 0.168 e. The number of aryl methyl sites for hydroxylation is 1. The van der Waals surface area contributed by atoms with Crippen LogP contribution >= 0.6 is 11.8 Å². The number of Topliss-reactive ketones (excluding diaryl/α,β-unsaturated/α-hetero) is 1. The second kappa shape index (κ2) is 4.17. The quantitative estimate of drug-likeness (QED) is 0.749. The van der Waals surface area contributed by atoms with Gasteiger partial charge in [0, 0.05) is 25.9 Å². The van der Waals surface area contributed by atoms with Crippen LogP contribution in [0.3, 0.4) is 0 Å². The Morgan fingerprint density at radius 2 is 2.43 bits per heavy atom. The van der Waals surface area contributed by atoms with Crippen LogP contribution in [0.5, 0.6) is 0 Å². The topological polar surface area (TPSA) is 34.9 Å². The van der Waals surface area contributed by atoms with Crippen LogP contribution in [-0.2, 0) is 11.8 Å². The largest absolute Gasteiger partial charge is 0.329 e. The van der Waals surface area contributed by atoms with Crippen molar-refractivity contribution in [3.05, 3.63) is 12.4 Å². The zero-order chi connectivity index (χ0) is 9.97. The summed E-state index contributed by atoms with van der Waals surface area (Å²) in [4.78, 5) is 15.8. The molecule has 1 fully saturated rings. The van der Waals surface area contributed by atoms with Gasteiger partial charge in [0.15, 0.2) is 5.16 Å². The second-order valence-corrected chi connectivity index (χ2v) is 4.81. The van der Waals surface area contributed by atoms with Crippen molar-refractivity contribution in [3.63, 3.8) is 0 Å². The third-order valence-corrected chi connectivity index (χ3v) is 3.91. The van der Waals surface area contributed by atoms with E-state index in [4.69, 9.17) is 0 Å². The summed E-state index contributed by atoms with van der Waals surface area (Å²) in [5.74, 6) is 0.393. The molecule has 1 aliphatic carbocycles. The fourth-order valence-electron chi connectivity index (χ4n) is 1.67. The monoisotopic (exact) mass is 210 g/mol. The number of ketones is 1. The summed E-state index contributed by atoms with van der Waals surface area (Å²) in [6.45, 7) is 0. The molecule has 1 heterocycles. The normalized spacial score (nSPS) is 22.6. The third kappa shape index (κ3) is 2.00. The summed E-state index contributed by atoms with van der Waals surface area (Å²) >= 11 is 1.61.